The molecule has 1 rings (SSSR count). The van der Waals surface area contributed by atoms with Crippen LogP contribution in [0.3, 0.4) is 0 Å². The van der Waals surface area contributed by atoms with Gasteiger partial charge in [-0.05, 0) is 31.4 Å². The summed E-state index contributed by atoms with van der Waals surface area (Å²) in [4.78, 5) is 1.34. The number of hydrogen-bond acceptors (Lipinski definition) is 2. The van der Waals surface area contributed by atoms with Crippen LogP contribution in [0.4, 0.5) is 0 Å². The largest absolute Gasteiger partial charge is 0.327 e. The fraction of sp³-hybridized carbons (Fsp3) is 0.647. The van der Waals surface area contributed by atoms with E-state index in [4.69, 9.17) is 5.73 Å². The van der Waals surface area contributed by atoms with Crippen molar-refractivity contribution in [3.63, 3.8) is 0 Å². The van der Waals surface area contributed by atoms with Crippen molar-refractivity contribution in [2.75, 3.05) is 5.75 Å². The zero-order valence-electron chi connectivity index (χ0n) is 12.7. The summed E-state index contributed by atoms with van der Waals surface area (Å²) in [5.74, 6) is 1.85. The molecular weight excluding hydrogens is 250 g/mol. The van der Waals surface area contributed by atoms with Gasteiger partial charge in [-0.2, -0.15) is 0 Å². The van der Waals surface area contributed by atoms with Gasteiger partial charge in [0.05, 0.1) is 0 Å². The number of hydrogen-bond donors (Lipinski definition) is 1. The van der Waals surface area contributed by atoms with Crippen LogP contribution in [0.15, 0.2) is 29.2 Å². The summed E-state index contributed by atoms with van der Waals surface area (Å²) in [6, 6.07) is 9.01. The maximum Gasteiger partial charge on any atom is 0.0136 e. The molecule has 0 aliphatic rings. The van der Waals surface area contributed by atoms with Crippen LogP contribution in [0.5, 0.6) is 0 Å². The van der Waals surface area contributed by atoms with E-state index in [1.165, 1.54) is 42.6 Å². The Kier molecular flexibility index (Phi) is 8.24. The van der Waals surface area contributed by atoms with E-state index < -0.39 is 0 Å². The van der Waals surface area contributed by atoms with Crippen molar-refractivity contribution in [1.82, 2.24) is 0 Å². The summed E-state index contributed by atoms with van der Waals surface area (Å²) in [7, 11) is 0. The maximum absolute atomic E-state index is 6.29. The smallest absolute Gasteiger partial charge is 0.0136 e. The zero-order chi connectivity index (χ0) is 14.1. The first kappa shape index (κ1) is 16.6. The SMILES string of the molecule is CCCCC(CC)CC(N)CSc1cccc(C)c1. The van der Waals surface area contributed by atoms with Crippen molar-refractivity contribution >= 4 is 11.8 Å². The minimum atomic E-state index is 0.326. The van der Waals surface area contributed by atoms with Gasteiger partial charge in [0.15, 0.2) is 0 Å². The Morgan fingerprint density at radius 3 is 2.68 bits per heavy atom. The van der Waals surface area contributed by atoms with E-state index in [9.17, 15) is 0 Å². The lowest BCUT2D eigenvalue weighted by Crippen LogP contribution is -2.26. The van der Waals surface area contributed by atoms with Crippen LogP contribution in [0.25, 0.3) is 0 Å². The molecule has 2 unspecified atom stereocenters. The van der Waals surface area contributed by atoms with Crippen molar-refractivity contribution in [2.45, 2.75) is 63.8 Å². The molecule has 1 nitrogen and oxygen atoms in total. The Hall–Kier alpha value is -0.470. The highest BCUT2D eigenvalue weighted by Gasteiger charge is 2.12. The van der Waals surface area contributed by atoms with Crippen molar-refractivity contribution in [3.05, 3.63) is 29.8 Å². The van der Waals surface area contributed by atoms with E-state index in [0.29, 0.717) is 6.04 Å². The molecule has 2 N–H and O–H groups in total. The van der Waals surface area contributed by atoms with E-state index in [1.54, 1.807) is 0 Å². The second-order valence-electron chi connectivity index (χ2n) is 5.54. The average Bonchev–Trinajstić information content (AvgIpc) is 2.41. The van der Waals surface area contributed by atoms with Gasteiger partial charge in [-0.3, -0.25) is 0 Å². The standard InChI is InChI=1S/C17H29NS/c1-4-6-9-15(5-2)12-16(18)13-19-17-10-7-8-14(3)11-17/h7-8,10-11,15-16H,4-6,9,12-13,18H2,1-3H3. The average molecular weight is 279 g/mol. The van der Waals surface area contributed by atoms with Gasteiger partial charge < -0.3 is 5.73 Å². The third-order valence-electron chi connectivity index (χ3n) is 3.63. The van der Waals surface area contributed by atoms with E-state index in [0.717, 1.165) is 11.7 Å². The molecule has 0 saturated carbocycles. The summed E-state index contributed by atoms with van der Waals surface area (Å²) < 4.78 is 0. The first-order valence-corrected chi connectivity index (χ1v) is 8.59. The van der Waals surface area contributed by atoms with Crippen LogP contribution in [-0.2, 0) is 0 Å². The number of nitrogens with two attached hydrogens (primary N) is 1. The topological polar surface area (TPSA) is 26.0 Å². The first-order chi connectivity index (χ1) is 9.15. The van der Waals surface area contributed by atoms with E-state index >= 15 is 0 Å². The molecule has 1 aromatic rings. The van der Waals surface area contributed by atoms with E-state index in [-0.39, 0.29) is 0 Å². The van der Waals surface area contributed by atoms with Gasteiger partial charge in [0.25, 0.3) is 0 Å². The molecule has 0 aromatic heterocycles. The Labute approximate surface area is 123 Å². The number of rotatable bonds is 9. The van der Waals surface area contributed by atoms with Crippen molar-refractivity contribution in [2.24, 2.45) is 11.7 Å². The number of thioether (sulfide) groups is 1. The van der Waals surface area contributed by atoms with Gasteiger partial charge in [0.2, 0.25) is 0 Å². The molecule has 0 spiro atoms. The van der Waals surface area contributed by atoms with Crippen molar-refractivity contribution in [3.8, 4) is 0 Å². The molecule has 0 heterocycles. The highest BCUT2D eigenvalue weighted by molar-refractivity contribution is 7.99. The van der Waals surface area contributed by atoms with Gasteiger partial charge in [0, 0.05) is 16.7 Å². The molecule has 108 valence electrons. The normalized spacial score (nSPS) is 14.3. The van der Waals surface area contributed by atoms with Crippen molar-refractivity contribution < 1.29 is 0 Å². The first-order valence-electron chi connectivity index (χ1n) is 7.60. The summed E-state index contributed by atoms with van der Waals surface area (Å²) >= 11 is 1.89. The minimum absolute atomic E-state index is 0.326. The van der Waals surface area contributed by atoms with Crippen LogP contribution < -0.4 is 5.73 Å². The lowest BCUT2D eigenvalue weighted by atomic mass is 9.93. The fourth-order valence-corrected chi connectivity index (χ4v) is 3.37. The van der Waals surface area contributed by atoms with Gasteiger partial charge in [-0.15, -0.1) is 11.8 Å². The van der Waals surface area contributed by atoms with E-state index in [2.05, 4.69) is 45.0 Å². The van der Waals surface area contributed by atoms with E-state index in [1.807, 2.05) is 11.8 Å². The summed E-state index contributed by atoms with van der Waals surface area (Å²) in [6.45, 7) is 6.70. The second kappa shape index (κ2) is 9.44. The minimum Gasteiger partial charge on any atom is -0.327 e. The predicted octanol–water partition coefficient (Wildman–Crippen LogP) is 5.02. The lowest BCUT2D eigenvalue weighted by Gasteiger charge is -2.19. The van der Waals surface area contributed by atoms with Crippen LogP contribution in [0.1, 0.15) is 51.5 Å². The predicted molar refractivity (Wildman–Crippen MR) is 87.8 cm³/mol. The Balaban J connectivity index is 2.32. The number of aryl methyl sites for hydroxylation is 1. The molecule has 1 aromatic carbocycles. The molecule has 0 aliphatic heterocycles. The molecule has 0 bridgehead atoms. The third-order valence-corrected chi connectivity index (χ3v) is 4.82. The highest BCUT2D eigenvalue weighted by Crippen LogP contribution is 2.23. The second-order valence-corrected chi connectivity index (χ2v) is 6.63. The van der Waals surface area contributed by atoms with Gasteiger partial charge in [0.1, 0.15) is 0 Å². The highest BCUT2D eigenvalue weighted by atomic mass is 32.2. The van der Waals surface area contributed by atoms with Crippen LogP contribution >= 0.6 is 11.8 Å². The monoisotopic (exact) mass is 279 g/mol. The third kappa shape index (κ3) is 7.03. The van der Waals surface area contributed by atoms with Crippen LogP contribution in [0, 0.1) is 12.8 Å². The molecule has 0 radical (unpaired) electrons. The molecule has 0 aliphatic carbocycles. The van der Waals surface area contributed by atoms with Crippen LogP contribution in [-0.4, -0.2) is 11.8 Å². The molecule has 0 saturated heterocycles. The van der Waals surface area contributed by atoms with Crippen LogP contribution in [0.2, 0.25) is 0 Å². The maximum atomic E-state index is 6.29. The lowest BCUT2D eigenvalue weighted by molar-refractivity contribution is 0.396. The molecule has 2 atom stereocenters. The molecule has 0 amide bonds. The molecule has 2 heteroatoms. The summed E-state index contributed by atoms with van der Waals surface area (Å²) in [6.07, 6.45) is 6.42. The van der Waals surface area contributed by atoms with Gasteiger partial charge >= 0.3 is 0 Å². The number of benzene rings is 1. The molecule has 0 fully saturated rings. The molecular formula is C17H29NS. The van der Waals surface area contributed by atoms with Gasteiger partial charge in [-0.1, -0.05) is 57.2 Å². The number of unbranched alkanes of at least 4 members (excludes halogenated alkanes) is 1. The van der Waals surface area contributed by atoms with Gasteiger partial charge in [-0.25, -0.2) is 0 Å². The van der Waals surface area contributed by atoms with Crippen molar-refractivity contribution in [1.29, 1.82) is 0 Å². The summed E-state index contributed by atoms with van der Waals surface area (Å²) in [5, 5.41) is 0. The summed E-state index contributed by atoms with van der Waals surface area (Å²) in [5.41, 5.74) is 7.61. The fourth-order valence-electron chi connectivity index (χ4n) is 2.39. The zero-order valence-corrected chi connectivity index (χ0v) is 13.5. The Morgan fingerprint density at radius 2 is 2.05 bits per heavy atom. The quantitative estimate of drug-likeness (QED) is 0.642. The molecule has 19 heavy (non-hydrogen) atoms. The Bertz CT molecular complexity index is 351. The Morgan fingerprint density at radius 1 is 1.26 bits per heavy atom.